The predicted octanol–water partition coefficient (Wildman–Crippen LogP) is 2.59. The van der Waals surface area contributed by atoms with Crippen LogP contribution in [0, 0.1) is 0 Å². The van der Waals surface area contributed by atoms with Crippen LogP contribution in [0.1, 0.15) is 11.3 Å². The van der Waals surface area contributed by atoms with Gasteiger partial charge in [0.15, 0.2) is 0 Å². The molecule has 1 amide bonds. The Morgan fingerprint density at radius 2 is 2.16 bits per heavy atom. The van der Waals surface area contributed by atoms with E-state index in [1.807, 2.05) is 6.07 Å². The highest BCUT2D eigenvalue weighted by atomic mass is 35.5. The number of hydrogen-bond donors (Lipinski definition) is 1. The summed E-state index contributed by atoms with van der Waals surface area (Å²) in [4.78, 5) is 11.8. The van der Waals surface area contributed by atoms with Crippen molar-refractivity contribution in [2.24, 2.45) is 7.05 Å². The van der Waals surface area contributed by atoms with Crippen molar-refractivity contribution in [1.29, 1.82) is 0 Å². The van der Waals surface area contributed by atoms with E-state index in [-0.39, 0.29) is 5.91 Å². The third-order valence-corrected chi connectivity index (χ3v) is 3.34. The summed E-state index contributed by atoms with van der Waals surface area (Å²) in [6.07, 6.45) is 1.96. The van der Waals surface area contributed by atoms with E-state index in [0.717, 1.165) is 11.3 Å². The molecule has 0 spiro atoms. The quantitative estimate of drug-likeness (QED) is 0.943. The summed E-state index contributed by atoms with van der Waals surface area (Å²) in [6.45, 7) is 0.382. The number of nitrogens with zero attached hydrogens (tertiary/aromatic N) is 2. The summed E-state index contributed by atoms with van der Waals surface area (Å²) in [5.41, 5.74) is 1.70. The molecule has 6 heteroatoms. The van der Waals surface area contributed by atoms with Crippen molar-refractivity contribution in [3.05, 3.63) is 51.8 Å². The molecule has 0 fully saturated rings. The van der Waals surface area contributed by atoms with Gasteiger partial charge in [0, 0.05) is 35.5 Å². The van der Waals surface area contributed by atoms with Crippen molar-refractivity contribution in [1.82, 2.24) is 15.1 Å². The van der Waals surface area contributed by atoms with E-state index in [1.165, 1.54) is 0 Å². The molecule has 0 bridgehead atoms. The van der Waals surface area contributed by atoms with Gasteiger partial charge in [-0.15, -0.1) is 0 Å². The monoisotopic (exact) mass is 297 g/mol. The maximum absolute atomic E-state index is 11.8. The van der Waals surface area contributed by atoms with Gasteiger partial charge in [0.2, 0.25) is 5.91 Å². The number of amides is 1. The summed E-state index contributed by atoms with van der Waals surface area (Å²) in [5, 5.41) is 7.96. The number of benzene rings is 1. The maximum atomic E-state index is 11.8. The highest BCUT2D eigenvalue weighted by Gasteiger charge is 2.07. The molecule has 0 aliphatic carbocycles. The van der Waals surface area contributed by atoms with Crippen molar-refractivity contribution in [3.63, 3.8) is 0 Å². The molecule has 2 rings (SSSR count). The van der Waals surface area contributed by atoms with E-state index in [1.54, 1.807) is 36.1 Å². The molecule has 0 aliphatic rings. The van der Waals surface area contributed by atoms with Gasteiger partial charge in [-0.05, 0) is 23.8 Å². The Morgan fingerprint density at radius 3 is 2.79 bits per heavy atom. The fourth-order valence-corrected chi connectivity index (χ4v) is 2.14. The molecule has 1 N–H and O–H groups in total. The standard InChI is InChI=1S/C13H13Cl2N3O/c1-18-11(4-5-17-18)7-13(19)16-8-9-2-3-10(14)6-12(9)15/h2-6H,7-8H2,1H3,(H,16,19). The highest BCUT2D eigenvalue weighted by molar-refractivity contribution is 6.35. The summed E-state index contributed by atoms with van der Waals surface area (Å²) in [5.74, 6) is -0.0744. The van der Waals surface area contributed by atoms with E-state index in [4.69, 9.17) is 23.2 Å². The Hall–Kier alpha value is -1.52. The number of aryl methyl sites for hydroxylation is 1. The number of nitrogens with one attached hydrogen (secondary N) is 1. The average molecular weight is 298 g/mol. The Morgan fingerprint density at radius 1 is 1.37 bits per heavy atom. The molecule has 1 aromatic heterocycles. The first-order valence-electron chi connectivity index (χ1n) is 5.74. The summed E-state index contributed by atoms with van der Waals surface area (Å²) < 4.78 is 1.68. The predicted molar refractivity (Wildman–Crippen MR) is 75.2 cm³/mol. The van der Waals surface area contributed by atoms with Gasteiger partial charge in [-0.25, -0.2) is 0 Å². The van der Waals surface area contributed by atoms with Gasteiger partial charge in [0.1, 0.15) is 0 Å². The zero-order chi connectivity index (χ0) is 13.8. The van der Waals surface area contributed by atoms with Crippen LogP contribution >= 0.6 is 23.2 Å². The minimum atomic E-state index is -0.0744. The molecule has 100 valence electrons. The van der Waals surface area contributed by atoms with Gasteiger partial charge < -0.3 is 5.32 Å². The molecule has 0 saturated heterocycles. The second kappa shape index (κ2) is 6.08. The van der Waals surface area contributed by atoms with Gasteiger partial charge in [-0.3, -0.25) is 9.48 Å². The average Bonchev–Trinajstić information content (AvgIpc) is 2.74. The van der Waals surface area contributed by atoms with E-state index in [2.05, 4.69) is 10.4 Å². The number of carbonyl (C=O) groups is 1. The molecule has 0 radical (unpaired) electrons. The number of halogens is 2. The Kier molecular flexibility index (Phi) is 4.45. The lowest BCUT2D eigenvalue weighted by atomic mass is 10.2. The van der Waals surface area contributed by atoms with Crippen LogP contribution in [0.3, 0.4) is 0 Å². The molecule has 4 nitrogen and oxygen atoms in total. The third kappa shape index (κ3) is 3.72. The largest absolute Gasteiger partial charge is 0.352 e. The number of carbonyl (C=O) groups excluding carboxylic acids is 1. The van der Waals surface area contributed by atoms with E-state index in [0.29, 0.717) is 23.0 Å². The molecule has 0 unspecified atom stereocenters. The van der Waals surface area contributed by atoms with Crippen LogP contribution < -0.4 is 5.32 Å². The maximum Gasteiger partial charge on any atom is 0.226 e. The first-order valence-corrected chi connectivity index (χ1v) is 6.49. The molecular formula is C13H13Cl2N3O. The lowest BCUT2D eigenvalue weighted by Crippen LogP contribution is -2.25. The first-order chi connectivity index (χ1) is 9.06. The SMILES string of the molecule is Cn1nccc1CC(=O)NCc1ccc(Cl)cc1Cl. The zero-order valence-corrected chi connectivity index (χ0v) is 11.9. The fraction of sp³-hybridized carbons (Fsp3) is 0.231. The van der Waals surface area contributed by atoms with Crippen LogP contribution in [0.4, 0.5) is 0 Å². The third-order valence-electron chi connectivity index (χ3n) is 2.76. The lowest BCUT2D eigenvalue weighted by Gasteiger charge is -2.07. The molecule has 0 aliphatic heterocycles. The van der Waals surface area contributed by atoms with Gasteiger partial charge in [0.05, 0.1) is 6.42 Å². The minimum absolute atomic E-state index is 0.0744. The van der Waals surface area contributed by atoms with Crippen molar-refractivity contribution >= 4 is 29.1 Å². The highest BCUT2D eigenvalue weighted by Crippen LogP contribution is 2.20. The topological polar surface area (TPSA) is 46.9 Å². The normalized spacial score (nSPS) is 10.5. The Balaban J connectivity index is 1.92. The van der Waals surface area contributed by atoms with Gasteiger partial charge in [0.25, 0.3) is 0 Å². The Bertz CT molecular complexity index is 595. The minimum Gasteiger partial charge on any atom is -0.352 e. The molecule has 19 heavy (non-hydrogen) atoms. The molecular weight excluding hydrogens is 285 g/mol. The molecule has 1 aromatic carbocycles. The first kappa shape index (κ1) is 13.9. The van der Waals surface area contributed by atoms with E-state index < -0.39 is 0 Å². The van der Waals surface area contributed by atoms with E-state index >= 15 is 0 Å². The molecule has 0 atom stereocenters. The molecule has 2 aromatic rings. The van der Waals surface area contributed by atoms with Crippen LogP contribution in [0.25, 0.3) is 0 Å². The fourth-order valence-electron chi connectivity index (χ4n) is 1.66. The van der Waals surface area contributed by atoms with Gasteiger partial charge in [-0.1, -0.05) is 29.3 Å². The summed E-state index contributed by atoms with van der Waals surface area (Å²) >= 11 is 11.8. The van der Waals surface area contributed by atoms with Gasteiger partial charge >= 0.3 is 0 Å². The van der Waals surface area contributed by atoms with Crippen LogP contribution in [-0.2, 0) is 24.8 Å². The van der Waals surface area contributed by atoms with Crippen molar-refractivity contribution in [2.45, 2.75) is 13.0 Å². The molecule has 1 heterocycles. The summed E-state index contributed by atoms with van der Waals surface area (Å²) in [6, 6.07) is 7.02. The lowest BCUT2D eigenvalue weighted by molar-refractivity contribution is -0.120. The van der Waals surface area contributed by atoms with Crippen LogP contribution in [0.15, 0.2) is 30.5 Å². The van der Waals surface area contributed by atoms with E-state index in [9.17, 15) is 4.79 Å². The summed E-state index contributed by atoms with van der Waals surface area (Å²) in [7, 11) is 1.80. The number of rotatable bonds is 4. The van der Waals surface area contributed by atoms with Crippen LogP contribution in [-0.4, -0.2) is 15.7 Å². The zero-order valence-electron chi connectivity index (χ0n) is 10.4. The Labute approximate surface area is 121 Å². The van der Waals surface area contributed by atoms with Gasteiger partial charge in [-0.2, -0.15) is 5.10 Å². The van der Waals surface area contributed by atoms with Crippen LogP contribution in [0.5, 0.6) is 0 Å². The number of aromatic nitrogens is 2. The second-order valence-electron chi connectivity index (χ2n) is 4.14. The van der Waals surface area contributed by atoms with Crippen LogP contribution in [0.2, 0.25) is 10.0 Å². The smallest absolute Gasteiger partial charge is 0.226 e. The van der Waals surface area contributed by atoms with Crippen molar-refractivity contribution in [2.75, 3.05) is 0 Å². The van der Waals surface area contributed by atoms with Crippen molar-refractivity contribution in [3.8, 4) is 0 Å². The van der Waals surface area contributed by atoms with Crippen molar-refractivity contribution < 1.29 is 4.79 Å². The second-order valence-corrected chi connectivity index (χ2v) is 4.98. The molecule has 0 saturated carbocycles. The number of hydrogen-bond acceptors (Lipinski definition) is 2.